The maximum atomic E-state index is 12.5. The Bertz CT molecular complexity index is 920. The first-order chi connectivity index (χ1) is 11.6. The van der Waals surface area contributed by atoms with Gasteiger partial charge in [0.1, 0.15) is 11.3 Å². The summed E-state index contributed by atoms with van der Waals surface area (Å²) < 4.78 is 4.63. The number of aromatic hydroxyl groups is 1. The van der Waals surface area contributed by atoms with E-state index in [1.165, 1.54) is 19.2 Å². The van der Waals surface area contributed by atoms with Crippen LogP contribution in [-0.2, 0) is 4.74 Å². The average Bonchev–Trinajstić information content (AvgIpc) is 2.62. The van der Waals surface area contributed by atoms with Gasteiger partial charge in [0.05, 0.1) is 12.7 Å². The van der Waals surface area contributed by atoms with Gasteiger partial charge in [-0.05, 0) is 42.5 Å². The highest BCUT2D eigenvalue weighted by molar-refractivity contribution is 6.13. The van der Waals surface area contributed by atoms with Crippen LogP contribution in [0.1, 0.15) is 20.7 Å². The number of esters is 1. The first-order valence-corrected chi connectivity index (χ1v) is 7.16. The van der Waals surface area contributed by atoms with Crippen molar-refractivity contribution in [1.82, 2.24) is 4.98 Å². The molecule has 6 nitrogen and oxygen atoms in total. The number of nitrogens with zero attached hydrogens (tertiary/aromatic N) is 1. The van der Waals surface area contributed by atoms with Crippen LogP contribution >= 0.6 is 0 Å². The number of ether oxygens (including phenoxy) is 1. The lowest BCUT2D eigenvalue weighted by molar-refractivity contribution is 0.0600. The van der Waals surface area contributed by atoms with E-state index in [-0.39, 0.29) is 11.7 Å². The fraction of sp³-hybridized carbons (Fsp3) is 0.0556. The van der Waals surface area contributed by atoms with Gasteiger partial charge >= 0.3 is 5.97 Å². The molecule has 3 aromatic rings. The van der Waals surface area contributed by atoms with Crippen molar-refractivity contribution in [1.29, 1.82) is 0 Å². The number of pyridine rings is 1. The number of rotatable bonds is 3. The molecule has 24 heavy (non-hydrogen) atoms. The molecule has 0 saturated carbocycles. The molecule has 120 valence electrons. The molecule has 0 atom stereocenters. The predicted molar refractivity (Wildman–Crippen MR) is 89.1 cm³/mol. The number of carbonyl (C=O) groups excluding carboxylic acids is 2. The lowest BCUT2D eigenvalue weighted by Crippen LogP contribution is -2.12. The van der Waals surface area contributed by atoms with Crippen LogP contribution in [0.15, 0.2) is 54.7 Å². The summed E-state index contributed by atoms with van der Waals surface area (Å²) in [5, 5.41) is 13.1. The smallest absolute Gasteiger partial charge is 0.337 e. The summed E-state index contributed by atoms with van der Waals surface area (Å²) in [5.41, 5.74) is 1.70. The lowest BCUT2D eigenvalue weighted by atomic mass is 10.1. The molecule has 0 spiro atoms. The molecule has 0 saturated heterocycles. The highest BCUT2D eigenvalue weighted by Crippen LogP contribution is 2.26. The number of carbonyl (C=O) groups is 2. The monoisotopic (exact) mass is 322 g/mol. The van der Waals surface area contributed by atoms with Crippen LogP contribution in [0.3, 0.4) is 0 Å². The molecule has 1 heterocycles. The third kappa shape index (κ3) is 2.89. The van der Waals surface area contributed by atoms with E-state index in [1.54, 1.807) is 42.6 Å². The van der Waals surface area contributed by atoms with E-state index in [9.17, 15) is 14.7 Å². The van der Waals surface area contributed by atoms with Gasteiger partial charge in [0, 0.05) is 22.8 Å². The number of anilines is 1. The van der Waals surface area contributed by atoms with Crippen molar-refractivity contribution in [2.75, 3.05) is 12.4 Å². The Morgan fingerprint density at radius 2 is 1.83 bits per heavy atom. The quantitative estimate of drug-likeness (QED) is 0.724. The summed E-state index contributed by atoms with van der Waals surface area (Å²) in [5.74, 6) is -0.758. The topological polar surface area (TPSA) is 88.5 Å². The van der Waals surface area contributed by atoms with E-state index in [1.807, 2.05) is 0 Å². The van der Waals surface area contributed by atoms with Gasteiger partial charge in [-0.2, -0.15) is 0 Å². The molecular weight excluding hydrogens is 308 g/mol. The number of hydrogen-bond donors (Lipinski definition) is 2. The molecule has 0 radical (unpaired) electrons. The zero-order valence-electron chi connectivity index (χ0n) is 12.8. The minimum Gasteiger partial charge on any atom is -0.506 e. The van der Waals surface area contributed by atoms with Crippen molar-refractivity contribution in [2.45, 2.75) is 0 Å². The molecule has 2 N–H and O–H groups in total. The van der Waals surface area contributed by atoms with Gasteiger partial charge in [-0.1, -0.05) is 6.07 Å². The summed E-state index contributed by atoms with van der Waals surface area (Å²) in [6, 6.07) is 12.8. The van der Waals surface area contributed by atoms with Gasteiger partial charge in [-0.15, -0.1) is 0 Å². The number of phenolic OH excluding ortho intramolecular Hbond substituents is 1. The Morgan fingerprint density at radius 3 is 2.54 bits per heavy atom. The summed E-state index contributed by atoms with van der Waals surface area (Å²) in [7, 11) is 1.31. The third-order valence-electron chi connectivity index (χ3n) is 3.56. The van der Waals surface area contributed by atoms with E-state index in [2.05, 4.69) is 15.0 Å². The molecule has 6 heteroatoms. The fourth-order valence-electron chi connectivity index (χ4n) is 2.36. The third-order valence-corrected chi connectivity index (χ3v) is 3.56. The van der Waals surface area contributed by atoms with Gasteiger partial charge in [-0.25, -0.2) is 4.79 Å². The van der Waals surface area contributed by atoms with E-state index in [4.69, 9.17) is 0 Å². The molecule has 0 aliphatic carbocycles. The van der Waals surface area contributed by atoms with Gasteiger partial charge < -0.3 is 15.2 Å². The Labute approximate surface area is 137 Å². The van der Waals surface area contributed by atoms with Crippen LogP contribution in [0.5, 0.6) is 5.75 Å². The predicted octanol–water partition coefficient (Wildman–Crippen LogP) is 2.98. The number of methoxy groups -OCH3 is 1. The number of amides is 1. The Morgan fingerprint density at radius 1 is 1.08 bits per heavy atom. The molecule has 0 aliphatic rings. The first-order valence-electron chi connectivity index (χ1n) is 7.16. The Hall–Kier alpha value is -3.41. The highest BCUT2D eigenvalue weighted by Gasteiger charge is 2.13. The van der Waals surface area contributed by atoms with Crippen molar-refractivity contribution < 1.29 is 19.4 Å². The minimum absolute atomic E-state index is 0.0181. The summed E-state index contributed by atoms with van der Waals surface area (Å²) in [6.07, 6.45) is 1.55. The van der Waals surface area contributed by atoms with Crippen LogP contribution in [0.25, 0.3) is 10.9 Å². The molecule has 3 rings (SSSR count). The van der Waals surface area contributed by atoms with Crippen molar-refractivity contribution >= 4 is 28.5 Å². The molecule has 2 aromatic carbocycles. The molecule has 0 bridgehead atoms. The first kappa shape index (κ1) is 15.5. The maximum absolute atomic E-state index is 12.5. The van der Waals surface area contributed by atoms with Gasteiger partial charge in [0.2, 0.25) is 0 Å². The van der Waals surface area contributed by atoms with Crippen LogP contribution < -0.4 is 5.32 Å². The van der Waals surface area contributed by atoms with Crippen LogP contribution in [-0.4, -0.2) is 29.1 Å². The highest BCUT2D eigenvalue weighted by atomic mass is 16.5. The molecule has 0 aliphatic heterocycles. The summed E-state index contributed by atoms with van der Waals surface area (Å²) in [4.78, 5) is 28.0. The zero-order chi connectivity index (χ0) is 17.1. The van der Waals surface area contributed by atoms with Gasteiger partial charge in [0.25, 0.3) is 5.91 Å². The molecule has 1 amide bonds. The average molecular weight is 322 g/mol. The Balaban J connectivity index is 1.88. The number of phenols is 1. The maximum Gasteiger partial charge on any atom is 0.337 e. The molecule has 0 fully saturated rings. The van der Waals surface area contributed by atoms with Crippen molar-refractivity contribution in [3.63, 3.8) is 0 Å². The SMILES string of the molecule is COC(=O)c1ccc(NC(=O)c2ccc(O)c3ncccc23)cc1. The van der Waals surface area contributed by atoms with Gasteiger partial charge in [0.15, 0.2) is 0 Å². The molecule has 0 unspecified atom stereocenters. The summed E-state index contributed by atoms with van der Waals surface area (Å²) >= 11 is 0. The van der Waals surface area contributed by atoms with Crippen molar-refractivity contribution in [3.05, 3.63) is 65.9 Å². The fourth-order valence-corrected chi connectivity index (χ4v) is 2.36. The second-order valence-corrected chi connectivity index (χ2v) is 5.05. The second-order valence-electron chi connectivity index (χ2n) is 5.05. The van der Waals surface area contributed by atoms with Crippen LogP contribution in [0.2, 0.25) is 0 Å². The van der Waals surface area contributed by atoms with Crippen LogP contribution in [0, 0.1) is 0 Å². The Kier molecular flexibility index (Phi) is 4.11. The van der Waals surface area contributed by atoms with Gasteiger partial charge in [-0.3, -0.25) is 9.78 Å². The van der Waals surface area contributed by atoms with Crippen molar-refractivity contribution in [3.8, 4) is 5.75 Å². The molecular formula is C18H14N2O4. The zero-order valence-corrected chi connectivity index (χ0v) is 12.8. The van der Waals surface area contributed by atoms with E-state index >= 15 is 0 Å². The number of fused-ring (bicyclic) bond motifs is 1. The summed E-state index contributed by atoms with van der Waals surface area (Å²) in [6.45, 7) is 0. The number of hydrogen-bond acceptors (Lipinski definition) is 5. The standard InChI is InChI=1S/C18H14N2O4/c1-24-18(23)11-4-6-12(7-5-11)20-17(22)14-8-9-15(21)16-13(14)3-2-10-19-16/h2-10,21H,1H3,(H,20,22). The van der Waals surface area contributed by atoms with E-state index in [0.717, 1.165) is 0 Å². The van der Waals surface area contributed by atoms with Crippen molar-refractivity contribution in [2.24, 2.45) is 0 Å². The lowest BCUT2D eigenvalue weighted by Gasteiger charge is -2.09. The molecule has 1 aromatic heterocycles. The number of aromatic nitrogens is 1. The second kappa shape index (κ2) is 6.37. The van der Waals surface area contributed by atoms with Crippen LogP contribution in [0.4, 0.5) is 5.69 Å². The largest absolute Gasteiger partial charge is 0.506 e. The number of benzene rings is 2. The van der Waals surface area contributed by atoms with E-state index < -0.39 is 5.97 Å². The minimum atomic E-state index is -0.441. The van der Waals surface area contributed by atoms with E-state index in [0.29, 0.717) is 27.7 Å². The normalized spacial score (nSPS) is 10.4. The number of nitrogens with one attached hydrogen (secondary N) is 1.